The zero-order valence-corrected chi connectivity index (χ0v) is 15.9. The van der Waals surface area contributed by atoms with Crippen molar-refractivity contribution in [1.29, 1.82) is 0 Å². The molecule has 0 radical (unpaired) electrons. The molecule has 5 nitrogen and oxygen atoms in total. The fraction of sp³-hybridized carbons (Fsp3) is 0.381. The maximum absolute atomic E-state index is 12.7. The van der Waals surface area contributed by atoms with Gasteiger partial charge in [0.25, 0.3) is 0 Å². The van der Waals surface area contributed by atoms with Crippen molar-refractivity contribution in [3.05, 3.63) is 53.6 Å². The highest BCUT2D eigenvalue weighted by Gasteiger charge is 2.20. The van der Waals surface area contributed by atoms with Gasteiger partial charge in [-0.05, 0) is 29.7 Å². The Bertz CT molecular complexity index is 690. The summed E-state index contributed by atoms with van der Waals surface area (Å²) in [5.74, 6) is 1.56. The fourth-order valence-corrected chi connectivity index (χ4v) is 2.97. The van der Waals surface area contributed by atoms with Gasteiger partial charge >= 0.3 is 0 Å². The summed E-state index contributed by atoms with van der Waals surface area (Å²) in [6, 6.07) is 13.6. The highest BCUT2D eigenvalue weighted by atomic mass is 16.5. The smallest absolute Gasteiger partial charge is 0.227 e. The van der Waals surface area contributed by atoms with Crippen LogP contribution in [0.4, 0.5) is 0 Å². The van der Waals surface area contributed by atoms with Crippen LogP contribution in [-0.2, 0) is 11.3 Å². The van der Waals surface area contributed by atoms with Crippen molar-refractivity contribution in [3.8, 4) is 17.2 Å². The van der Waals surface area contributed by atoms with E-state index in [0.29, 0.717) is 23.8 Å². The first-order chi connectivity index (χ1) is 12.6. The van der Waals surface area contributed by atoms with E-state index in [1.807, 2.05) is 42.5 Å². The van der Waals surface area contributed by atoms with Gasteiger partial charge in [0.05, 0.1) is 27.2 Å². The van der Waals surface area contributed by atoms with Crippen LogP contribution in [0.3, 0.4) is 0 Å². The van der Waals surface area contributed by atoms with Crippen LogP contribution in [0.25, 0.3) is 0 Å². The molecule has 26 heavy (non-hydrogen) atoms. The Morgan fingerprint density at radius 2 is 1.62 bits per heavy atom. The lowest BCUT2D eigenvalue weighted by Crippen LogP contribution is -2.29. The molecule has 1 unspecified atom stereocenters. The molecule has 140 valence electrons. The summed E-state index contributed by atoms with van der Waals surface area (Å²) in [7, 11) is 4.72. The summed E-state index contributed by atoms with van der Waals surface area (Å²) in [5, 5.41) is 3.03. The van der Waals surface area contributed by atoms with Crippen LogP contribution in [0.5, 0.6) is 17.2 Å². The van der Waals surface area contributed by atoms with E-state index in [0.717, 1.165) is 24.0 Å². The number of hydrogen-bond donors (Lipinski definition) is 1. The van der Waals surface area contributed by atoms with Crippen molar-refractivity contribution in [3.63, 3.8) is 0 Å². The average molecular weight is 357 g/mol. The zero-order chi connectivity index (χ0) is 18.9. The molecule has 0 aromatic heterocycles. The Labute approximate surface area is 155 Å². The minimum absolute atomic E-state index is 0.0202. The van der Waals surface area contributed by atoms with E-state index < -0.39 is 0 Å². The third kappa shape index (κ3) is 4.69. The van der Waals surface area contributed by atoms with Crippen LogP contribution < -0.4 is 19.5 Å². The Kier molecular flexibility index (Phi) is 7.33. The van der Waals surface area contributed by atoms with E-state index in [4.69, 9.17) is 14.2 Å². The van der Waals surface area contributed by atoms with Gasteiger partial charge in [0, 0.05) is 6.54 Å². The number of benzene rings is 2. The highest BCUT2D eigenvalue weighted by Crippen LogP contribution is 2.38. The van der Waals surface area contributed by atoms with Crippen LogP contribution in [0.2, 0.25) is 0 Å². The average Bonchev–Trinajstić information content (AvgIpc) is 2.69. The molecule has 0 bridgehead atoms. The molecular formula is C21H27NO4. The molecule has 1 N–H and O–H groups in total. The van der Waals surface area contributed by atoms with Crippen molar-refractivity contribution in [2.24, 2.45) is 0 Å². The summed E-state index contributed by atoms with van der Waals surface area (Å²) >= 11 is 0. The molecule has 0 aliphatic carbocycles. The molecule has 0 fully saturated rings. The molecule has 2 rings (SSSR count). The van der Waals surface area contributed by atoms with Crippen molar-refractivity contribution >= 4 is 5.91 Å². The standard InChI is InChI=1S/C21H27NO4/c1-5-9-17(16-10-7-6-8-11-16)21(23)22-14-15-12-18(24-2)20(26-4)19(13-15)25-3/h6-8,10-13,17H,5,9,14H2,1-4H3,(H,22,23). The van der Waals surface area contributed by atoms with Gasteiger partial charge in [-0.25, -0.2) is 0 Å². The Balaban J connectivity index is 2.15. The van der Waals surface area contributed by atoms with Crippen molar-refractivity contribution < 1.29 is 19.0 Å². The number of carbonyl (C=O) groups excluding carboxylic acids is 1. The van der Waals surface area contributed by atoms with Gasteiger partial charge in [0.1, 0.15) is 0 Å². The summed E-state index contributed by atoms with van der Waals surface area (Å²) in [6.07, 6.45) is 1.75. The first kappa shape index (κ1) is 19.6. The molecule has 0 aliphatic rings. The second-order valence-corrected chi connectivity index (χ2v) is 6.00. The Morgan fingerprint density at radius 3 is 2.12 bits per heavy atom. The molecule has 0 spiro atoms. The first-order valence-corrected chi connectivity index (χ1v) is 8.76. The number of rotatable bonds is 9. The minimum Gasteiger partial charge on any atom is -0.493 e. The van der Waals surface area contributed by atoms with Gasteiger partial charge < -0.3 is 19.5 Å². The third-order valence-electron chi connectivity index (χ3n) is 4.29. The Hall–Kier alpha value is -2.69. The summed E-state index contributed by atoms with van der Waals surface area (Å²) in [6.45, 7) is 2.48. The van der Waals surface area contributed by atoms with E-state index in [1.54, 1.807) is 21.3 Å². The lowest BCUT2D eigenvalue weighted by Gasteiger charge is -2.18. The Morgan fingerprint density at radius 1 is 1.00 bits per heavy atom. The SMILES string of the molecule is CCCC(C(=O)NCc1cc(OC)c(OC)c(OC)c1)c1ccccc1. The van der Waals surface area contributed by atoms with Gasteiger partial charge in [-0.1, -0.05) is 43.7 Å². The molecule has 0 saturated carbocycles. The second kappa shape index (κ2) is 9.70. The minimum atomic E-state index is -0.150. The number of amides is 1. The molecule has 1 amide bonds. The number of methoxy groups -OCH3 is 3. The monoisotopic (exact) mass is 357 g/mol. The predicted octanol–water partition coefficient (Wildman–Crippen LogP) is 3.91. The number of nitrogens with one attached hydrogen (secondary N) is 1. The lowest BCUT2D eigenvalue weighted by atomic mass is 9.93. The van der Waals surface area contributed by atoms with Crippen LogP contribution in [0.1, 0.15) is 36.8 Å². The topological polar surface area (TPSA) is 56.8 Å². The quantitative estimate of drug-likeness (QED) is 0.739. The summed E-state index contributed by atoms with van der Waals surface area (Å²) < 4.78 is 16.1. The maximum Gasteiger partial charge on any atom is 0.227 e. The largest absolute Gasteiger partial charge is 0.493 e. The third-order valence-corrected chi connectivity index (χ3v) is 4.29. The van der Waals surface area contributed by atoms with E-state index >= 15 is 0 Å². The molecule has 0 saturated heterocycles. The molecule has 5 heteroatoms. The van der Waals surface area contributed by atoms with Gasteiger partial charge in [-0.3, -0.25) is 4.79 Å². The summed E-state index contributed by atoms with van der Waals surface area (Å²) in [5.41, 5.74) is 1.92. The first-order valence-electron chi connectivity index (χ1n) is 8.76. The highest BCUT2D eigenvalue weighted by molar-refractivity contribution is 5.83. The zero-order valence-electron chi connectivity index (χ0n) is 15.9. The second-order valence-electron chi connectivity index (χ2n) is 6.00. The molecule has 2 aromatic carbocycles. The van der Waals surface area contributed by atoms with Crippen molar-refractivity contribution in [1.82, 2.24) is 5.32 Å². The van der Waals surface area contributed by atoms with Crippen LogP contribution in [-0.4, -0.2) is 27.2 Å². The molecule has 1 atom stereocenters. The molecule has 0 aliphatic heterocycles. The molecule has 0 heterocycles. The van der Waals surface area contributed by atoms with Gasteiger partial charge in [0.2, 0.25) is 11.7 Å². The predicted molar refractivity (Wildman–Crippen MR) is 102 cm³/mol. The van der Waals surface area contributed by atoms with Crippen molar-refractivity contribution in [2.45, 2.75) is 32.2 Å². The van der Waals surface area contributed by atoms with Gasteiger partial charge in [-0.15, -0.1) is 0 Å². The summed E-state index contributed by atoms with van der Waals surface area (Å²) in [4.78, 5) is 12.7. The van der Waals surface area contributed by atoms with Crippen LogP contribution in [0, 0.1) is 0 Å². The van der Waals surface area contributed by atoms with E-state index in [-0.39, 0.29) is 11.8 Å². The number of ether oxygens (including phenoxy) is 3. The maximum atomic E-state index is 12.7. The number of carbonyl (C=O) groups is 1. The van der Waals surface area contributed by atoms with Gasteiger partial charge in [0.15, 0.2) is 11.5 Å². The van der Waals surface area contributed by atoms with Crippen LogP contribution in [0.15, 0.2) is 42.5 Å². The number of hydrogen-bond acceptors (Lipinski definition) is 4. The molecule has 2 aromatic rings. The van der Waals surface area contributed by atoms with E-state index in [1.165, 1.54) is 0 Å². The fourth-order valence-electron chi connectivity index (χ4n) is 2.97. The van der Waals surface area contributed by atoms with Gasteiger partial charge in [-0.2, -0.15) is 0 Å². The normalized spacial score (nSPS) is 11.5. The van der Waals surface area contributed by atoms with E-state index in [9.17, 15) is 4.79 Å². The van der Waals surface area contributed by atoms with Crippen molar-refractivity contribution in [2.75, 3.05) is 21.3 Å². The van der Waals surface area contributed by atoms with Crippen LogP contribution >= 0.6 is 0 Å². The molecular weight excluding hydrogens is 330 g/mol. The van der Waals surface area contributed by atoms with E-state index in [2.05, 4.69) is 12.2 Å². The lowest BCUT2D eigenvalue weighted by molar-refractivity contribution is -0.122.